The van der Waals surface area contributed by atoms with Gasteiger partial charge >= 0.3 is 6.36 Å². The minimum Gasteiger partial charge on any atom is -0.356 e. The van der Waals surface area contributed by atoms with Gasteiger partial charge in [0.2, 0.25) is 5.91 Å². The van der Waals surface area contributed by atoms with Crippen molar-refractivity contribution in [2.24, 2.45) is 0 Å². The van der Waals surface area contributed by atoms with E-state index >= 15 is 0 Å². The number of carbonyl (C=O) groups excluding carboxylic acids is 1. The van der Waals surface area contributed by atoms with Gasteiger partial charge in [-0.15, -0.1) is 13.2 Å². The average Bonchev–Trinajstić information content (AvgIpc) is 2.09. The Bertz CT molecular complexity index is 185. The Morgan fingerprint density at radius 2 is 2.00 bits per heavy atom. The van der Waals surface area contributed by atoms with E-state index in [1.54, 1.807) is 6.92 Å². The summed E-state index contributed by atoms with van der Waals surface area (Å²) < 4.78 is 38.0. The first-order valence-electron chi connectivity index (χ1n) is 4.64. The molecule has 0 bridgehead atoms. The van der Waals surface area contributed by atoms with Crippen molar-refractivity contribution in [1.29, 1.82) is 0 Å². The molecule has 90 valence electrons. The highest BCUT2D eigenvalue weighted by atomic mass is 19.4. The molecule has 1 amide bonds. The zero-order chi connectivity index (χ0) is 11.7. The average molecular weight is 228 g/mol. The Morgan fingerprint density at radius 1 is 1.33 bits per heavy atom. The fourth-order valence-corrected chi connectivity index (χ4v) is 0.851. The van der Waals surface area contributed by atoms with Gasteiger partial charge in [0.1, 0.15) is 0 Å². The van der Waals surface area contributed by atoms with Crippen LogP contribution in [0.4, 0.5) is 13.2 Å². The first-order valence-corrected chi connectivity index (χ1v) is 4.64. The Hall–Kier alpha value is -0.820. The Kier molecular flexibility index (Phi) is 7.06. The number of hydrogen-bond acceptors (Lipinski definition) is 3. The van der Waals surface area contributed by atoms with E-state index in [9.17, 15) is 18.0 Å². The minimum atomic E-state index is -4.58. The van der Waals surface area contributed by atoms with Crippen LogP contribution < -0.4 is 10.6 Å². The third-order valence-electron chi connectivity index (χ3n) is 1.45. The molecule has 0 saturated heterocycles. The molecule has 0 atom stereocenters. The second-order valence-corrected chi connectivity index (χ2v) is 2.75. The van der Waals surface area contributed by atoms with Gasteiger partial charge in [0.05, 0.1) is 6.61 Å². The fourth-order valence-electron chi connectivity index (χ4n) is 0.851. The normalized spacial score (nSPS) is 11.5. The van der Waals surface area contributed by atoms with Gasteiger partial charge in [-0.3, -0.25) is 9.53 Å². The number of ether oxygens (including phenoxy) is 1. The van der Waals surface area contributed by atoms with Crippen LogP contribution in [-0.2, 0) is 9.53 Å². The summed E-state index contributed by atoms with van der Waals surface area (Å²) in [5.74, 6) is -0.123. The Labute approximate surface area is 86.2 Å². The lowest BCUT2D eigenvalue weighted by atomic mass is 10.4. The Balaban J connectivity index is 3.22. The zero-order valence-electron chi connectivity index (χ0n) is 8.49. The molecule has 0 radical (unpaired) electrons. The van der Waals surface area contributed by atoms with E-state index in [2.05, 4.69) is 15.4 Å². The van der Waals surface area contributed by atoms with Crippen LogP contribution in [-0.4, -0.2) is 38.5 Å². The van der Waals surface area contributed by atoms with Crippen molar-refractivity contribution in [3.8, 4) is 0 Å². The molecular weight excluding hydrogens is 213 g/mol. The molecule has 0 fully saturated rings. The van der Waals surface area contributed by atoms with Crippen LogP contribution in [0.25, 0.3) is 0 Å². The number of amides is 1. The van der Waals surface area contributed by atoms with E-state index in [-0.39, 0.29) is 18.9 Å². The van der Waals surface area contributed by atoms with Gasteiger partial charge in [0.15, 0.2) is 0 Å². The van der Waals surface area contributed by atoms with Gasteiger partial charge < -0.3 is 10.6 Å². The first-order chi connectivity index (χ1) is 6.95. The Morgan fingerprint density at radius 3 is 2.53 bits per heavy atom. The van der Waals surface area contributed by atoms with Crippen LogP contribution in [0.2, 0.25) is 0 Å². The van der Waals surface area contributed by atoms with Crippen molar-refractivity contribution in [3.05, 3.63) is 0 Å². The van der Waals surface area contributed by atoms with Crippen LogP contribution in [0.3, 0.4) is 0 Å². The molecular formula is C8H15F3N2O2. The monoisotopic (exact) mass is 228 g/mol. The predicted molar refractivity (Wildman–Crippen MR) is 48.2 cm³/mol. The molecule has 4 nitrogen and oxygen atoms in total. The standard InChI is InChI=1S/C8H15F3N2O2/c1-2-13-7(14)3-4-12-5-6-15-8(9,10)11/h12H,2-6H2,1H3,(H,13,14). The fraction of sp³-hybridized carbons (Fsp3) is 0.875. The van der Waals surface area contributed by atoms with E-state index in [1.807, 2.05) is 0 Å². The van der Waals surface area contributed by atoms with E-state index in [4.69, 9.17) is 0 Å². The molecule has 0 aromatic heterocycles. The van der Waals surface area contributed by atoms with Crippen molar-refractivity contribution >= 4 is 5.91 Å². The molecule has 0 aliphatic carbocycles. The van der Waals surface area contributed by atoms with E-state index in [0.29, 0.717) is 13.1 Å². The minimum absolute atomic E-state index is 0.0684. The molecule has 0 unspecified atom stereocenters. The largest absolute Gasteiger partial charge is 0.522 e. The summed E-state index contributed by atoms with van der Waals surface area (Å²) in [5, 5.41) is 5.23. The topological polar surface area (TPSA) is 50.4 Å². The lowest BCUT2D eigenvalue weighted by Gasteiger charge is -2.08. The van der Waals surface area contributed by atoms with Crippen LogP contribution in [0.15, 0.2) is 0 Å². The predicted octanol–water partition coefficient (Wildman–Crippen LogP) is 0.639. The molecule has 0 spiro atoms. The number of rotatable bonds is 7. The lowest BCUT2D eigenvalue weighted by Crippen LogP contribution is -2.29. The van der Waals surface area contributed by atoms with E-state index in [1.165, 1.54) is 0 Å². The second-order valence-electron chi connectivity index (χ2n) is 2.75. The first kappa shape index (κ1) is 14.2. The number of carbonyl (C=O) groups is 1. The van der Waals surface area contributed by atoms with Gasteiger partial charge in [-0.2, -0.15) is 0 Å². The smallest absolute Gasteiger partial charge is 0.356 e. The molecule has 15 heavy (non-hydrogen) atoms. The second kappa shape index (κ2) is 7.47. The summed E-state index contributed by atoms with van der Waals surface area (Å²) >= 11 is 0. The molecule has 0 heterocycles. The van der Waals surface area contributed by atoms with Gasteiger partial charge in [0, 0.05) is 26.1 Å². The summed E-state index contributed by atoms with van der Waals surface area (Å²) in [7, 11) is 0. The molecule has 0 rings (SSSR count). The summed E-state index contributed by atoms with van der Waals surface area (Å²) in [5.41, 5.74) is 0. The van der Waals surface area contributed by atoms with E-state index < -0.39 is 13.0 Å². The molecule has 0 aliphatic rings. The van der Waals surface area contributed by atoms with Crippen molar-refractivity contribution in [2.45, 2.75) is 19.7 Å². The van der Waals surface area contributed by atoms with Gasteiger partial charge in [-0.05, 0) is 6.92 Å². The zero-order valence-corrected chi connectivity index (χ0v) is 8.49. The highest BCUT2D eigenvalue weighted by molar-refractivity contribution is 5.75. The van der Waals surface area contributed by atoms with Crippen molar-refractivity contribution < 1.29 is 22.7 Å². The molecule has 0 saturated carbocycles. The van der Waals surface area contributed by atoms with Crippen LogP contribution in [0.5, 0.6) is 0 Å². The molecule has 0 aliphatic heterocycles. The summed E-state index contributed by atoms with van der Waals surface area (Å²) in [4.78, 5) is 10.9. The maximum Gasteiger partial charge on any atom is 0.522 e. The third kappa shape index (κ3) is 11.1. The maximum atomic E-state index is 11.5. The van der Waals surface area contributed by atoms with E-state index in [0.717, 1.165) is 0 Å². The van der Waals surface area contributed by atoms with Gasteiger partial charge in [-0.1, -0.05) is 0 Å². The third-order valence-corrected chi connectivity index (χ3v) is 1.45. The molecule has 0 aromatic rings. The number of nitrogens with one attached hydrogen (secondary N) is 2. The molecule has 7 heteroatoms. The van der Waals surface area contributed by atoms with Crippen molar-refractivity contribution in [1.82, 2.24) is 10.6 Å². The molecule has 0 aromatic carbocycles. The maximum absolute atomic E-state index is 11.5. The summed E-state index contributed by atoms with van der Waals surface area (Å²) in [6.45, 7) is 2.31. The molecule has 2 N–H and O–H groups in total. The van der Waals surface area contributed by atoms with Crippen molar-refractivity contribution in [2.75, 3.05) is 26.2 Å². The van der Waals surface area contributed by atoms with Crippen LogP contribution >= 0.6 is 0 Å². The highest BCUT2D eigenvalue weighted by Crippen LogP contribution is 2.14. The van der Waals surface area contributed by atoms with Crippen molar-refractivity contribution in [3.63, 3.8) is 0 Å². The summed E-state index contributed by atoms with van der Waals surface area (Å²) in [6, 6.07) is 0. The number of alkyl halides is 3. The van der Waals surface area contributed by atoms with Crippen LogP contribution in [0.1, 0.15) is 13.3 Å². The van der Waals surface area contributed by atoms with Gasteiger partial charge in [0.25, 0.3) is 0 Å². The lowest BCUT2D eigenvalue weighted by molar-refractivity contribution is -0.323. The SMILES string of the molecule is CCNC(=O)CCNCCOC(F)(F)F. The number of halogens is 3. The van der Waals surface area contributed by atoms with Gasteiger partial charge in [-0.25, -0.2) is 0 Å². The quantitative estimate of drug-likeness (QED) is 0.629. The highest BCUT2D eigenvalue weighted by Gasteiger charge is 2.28. The van der Waals surface area contributed by atoms with Crippen LogP contribution in [0, 0.1) is 0 Å². The number of hydrogen-bond donors (Lipinski definition) is 2. The summed E-state index contributed by atoms with van der Waals surface area (Å²) in [6.07, 6.45) is -4.33.